The molecule has 1 amide bonds. The van der Waals surface area contributed by atoms with Crippen molar-refractivity contribution in [2.75, 3.05) is 23.7 Å². The van der Waals surface area contributed by atoms with Crippen molar-refractivity contribution >= 4 is 17.8 Å². The standard InChI is InChI=1S/C19H30N2.C5H10N2O/c1-15-12-13-18(20-16-8-4-2-5-9-16)19(14-15)21-17-10-6-3-7-11-17;6-5-1-2-7(3-5)4-8/h12-14,16-17,20-21H,2-11H2,1H3;4-5H,1-3,6H2. The van der Waals surface area contributed by atoms with Crippen molar-refractivity contribution in [2.45, 2.75) is 95.7 Å². The van der Waals surface area contributed by atoms with Gasteiger partial charge in [0.2, 0.25) is 6.41 Å². The SMILES string of the molecule is Cc1ccc(NC2CCCCC2)c(NC2CCCCC2)c1.NC1CCN(C=O)C1. The lowest BCUT2D eigenvalue weighted by Gasteiger charge is -2.28. The highest BCUT2D eigenvalue weighted by Gasteiger charge is 2.18. The lowest BCUT2D eigenvalue weighted by atomic mass is 9.94. The topological polar surface area (TPSA) is 70.4 Å². The number of anilines is 2. The molecule has 0 aromatic heterocycles. The summed E-state index contributed by atoms with van der Waals surface area (Å²) in [6.07, 6.45) is 15.5. The first-order valence-electron chi connectivity index (χ1n) is 11.7. The number of carbonyl (C=O) groups excluding carboxylic acids is 1. The van der Waals surface area contributed by atoms with Gasteiger partial charge in [-0.05, 0) is 56.7 Å². The van der Waals surface area contributed by atoms with Gasteiger partial charge in [-0.1, -0.05) is 44.6 Å². The zero-order valence-corrected chi connectivity index (χ0v) is 18.2. The first-order chi connectivity index (χ1) is 14.1. The van der Waals surface area contributed by atoms with Crippen LogP contribution < -0.4 is 16.4 Å². The normalized spacial score (nSPS) is 23.2. The zero-order chi connectivity index (χ0) is 20.5. The van der Waals surface area contributed by atoms with Gasteiger partial charge >= 0.3 is 0 Å². The van der Waals surface area contributed by atoms with Gasteiger partial charge in [0.25, 0.3) is 0 Å². The number of nitrogens with two attached hydrogens (primary N) is 1. The molecule has 4 N–H and O–H groups in total. The quantitative estimate of drug-likeness (QED) is 0.629. The van der Waals surface area contributed by atoms with Crippen LogP contribution in [0.2, 0.25) is 0 Å². The molecule has 1 aromatic rings. The van der Waals surface area contributed by atoms with Gasteiger partial charge in [0, 0.05) is 31.2 Å². The number of aryl methyl sites for hydroxylation is 1. The van der Waals surface area contributed by atoms with Gasteiger partial charge in [0.15, 0.2) is 0 Å². The van der Waals surface area contributed by atoms with Crippen LogP contribution in [0.15, 0.2) is 18.2 Å². The van der Waals surface area contributed by atoms with Gasteiger partial charge in [-0.25, -0.2) is 0 Å². The molecular weight excluding hydrogens is 360 g/mol. The third-order valence-electron chi connectivity index (χ3n) is 6.51. The molecule has 3 fully saturated rings. The van der Waals surface area contributed by atoms with Gasteiger partial charge in [0.1, 0.15) is 0 Å². The second-order valence-corrected chi connectivity index (χ2v) is 9.16. The van der Waals surface area contributed by atoms with Crippen LogP contribution in [0.3, 0.4) is 0 Å². The van der Waals surface area contributed by atoms with E-state index < -0.39 is 0 Å². The molecule has 5 heteroatoms. The highest BCUT2D eigenvalue weighted by atomic mass is 16.1. The summed E-state index contributed by atoms with van der Waals surface area (Å²) in [6.45, 7) is 3.77. The Morgan fingerprint density at radius 3 is 1.97 bits per heavy atom. The van der Waals surface area contributed by atoms with Gasteiger partial charge in [-0.15, -0.1) is 0 Å². The van der Waals surface area contributed by atoms with Crippen LogP contribution in [0, 0.1) is 6.92 Å². The number of nitrogens with zero attached hydrogens (tertiary/aromatic N) is 1. The zero-order valence-electron chi connectivity index (χ0n) is 18.2. The molecule has 2 aliphatic carbocycles. The monoisotopic (exact) mass is 400 g/mol. The third-order valence-corrected chi connectivity index (χ3v) is 6.51. The Morgan fingerprint density at radius 2 is 1.48 bits per heavy atom. The molecule has 1 unspecified atom stereocenters. The Labute approximate surface area is 176 Å². The highest BCUT2D eigenvalue weighted by molar-refractivity contribution is 5.70. The Hall–Kier alpha value is -1.75. The molecule has 29 heavy (non-hydrogen) atoms. The van der Waals surface area contributed by atoms with Crippen molar-refractivity contribution < 1.29 is 4.79 Å². The van der Waals surface area contributed by atoms with Gasteiger partial charge < -0.3 is 21.3 Å². The molecule has 0 radical (unpaired) electrons. The number of likely N-dealkylation sites (tertiary alicyclic amines) is 1. The summed E-state index contributed by atoms with van der Waals surface area (Å²) in [6, 6.07) is 8.40. The van der Waals surface area contributed by atoms with Crippen molar-refractivity contribution in [1.29, 1.82) is 0 Å². The predicted molar refractivity (Wildman–Crippen MR) is 122 cm³/mol. The molecule has 1 saturated heterocycles. The molecular formula is C24H40N4O. The van der Waals surface area contributed by atoms with E-state index >= 15 is 0 Å². The average molecular weight is 401 g/mol. The third kappa shape index (κ3) is 7.22. The lowest BCUT2D eigenvalue weighted by molar-refractivity contribution is -0.117. The number of rotatable bonds is 5. The lowest BCUT2D eigenvalue weighted by Crippen LogP contribution is -2.25. The second kappa shape index (κ2) is 11.4. The molecule has 2 saturated carbocycles. The number of hydrogen-bond acceptors (Lipinski definition) is 4. The molecule has 162 valence electrons. The fourth-order valence-electron chi connectivity index (χ4n) is 4.75. The molecule has 1 aliphatic heterocycles. The molecule has 1 atom stereocenters. The minimum Gasteiger partial charge on any atom is -0.381 e. The van der Waals surface area contributed by atoms with Crippen LogP contribution in [0.5, 0.6) is 0 Å². The summed E-state index contributed by atoms with van der Waals surface area (Å²) >= 11 is 0. The smallest absolute Gasteiger partial charge is 0.209 e. The van der Waals surface area contributed by atoms with Crippen LogP contribution in [-0.4, -0.2) is 42.5 Å². The fourth-order valence-corrected chi connectivity index (χ4v) is 4.75. The predicted octanol–water partition coefficient (Wildman–Crippen LogP) is 4.66. The Morgan fingerprint density at radius 1 is 0.897 bits per heavy atom. The van der Waals surface area contributed by atoms with Crippen molar-refractivity contribution in [1.82, 2.24) is 4.90 Å². The van der Waals surface area contributed by atoms with E-state index in [1.54, 1.807) is 4.90 Å². The van der Waals surface area contributed by atoms with Crippen LogP contribution in [-0.2, 0) is 4.79 Å². The van der Waals surface area contributed by atoms with Crippen molar-refractivity contribution in [3.8, 4) is 0 Å². The van der Waals surface area contributed by atoms with Crippen LogP contribution in [0.4, 0.5) is 11.4 Å². The number of carbonyl (C=O) groups is 1. The Bertz CT molecular complexity index is 623. The van der Waals surface area contributed by atoms with Gasteiger partial charge in [-0.2, -0.15) is 0 Å². The summed E-state index contributed by atoms with van der Waals surface area (Å²) in [5.41, 5.74) is 9.49. The molecule has 4 rings (SSSR count). The van der Waals surface area contributed by atoms with Gasteiger partial charge in [-0.3, -0.25) is 4.79 Å². The summed E-state index contributed by atoms with van der Waals surface area (Å²) in [5, 5.41) is 7.62. The fraction of sp³-hybridized carbons (Fsp3) is 0.708. The van der Waals surface area contributed by atoms with E-state index in [0.29, 0.717) is 12.1 Å². The summed E-state index contributed by atoms with van der Waals surface area (Å²) in [7, 11) is 0. The molecule has 1 heterocycles. The van der Waals surface area contributed by atoms with E-state index in [1.165, 1.54) is 81.1 Å². The minimum atomic E-state index is 0.222. The number of nitrogens with one attached hydrogen (secondary N) is 2. The van der Waals surface area contributed by atoms with Crippen molar-refractivity contribution in [2.24, 2.45) is 5.73 Å². The van der Waals surface area contributed by atoms with E-state index in [0.717, 1.165) is 25.9 Å². The molecule has 5 nitrogen and oxygen atoms in total. The van der Waals surface area contributed by atoms with Crippen LogP contribution in [0.25, 0.3) is 0 Å². The average Bonchev–Trinajstić information content (AvgIpc) is 3.18. The number of hydrogen-bond donors (Lipinski definition) is 3. The highest BCUT2D eigenvalue weighted by Crippen LogP contribution is 2.30. The largest absolute Gasteiger partial charge is 0.381 e. The van der Waals surface area contributed by atoms with Crippen LogP contribution >= 0.6 is 0 Å². The van der Waals surface area contributed by atoms with E-state index in [-0.39, 0.29) is 6.04 Å². The second-order valence-electron chi connectivity index (χ2n) is 9.16. The maximum atomic E-state index is 10.0. The summed E-state index contributed by atoms with van der Waals surface area (Å²) in [4.78, 5) is 11.7. The maximum Gasteiger partial charge on any atom is 0.209 e. The molecule has 0 bridgehead atoms. The van der Waals surface area contributed by atoms with Crippen molar-refractivity contribution in [3.63, 3.8) is 0 Å². The first kappa shape index (κ1) is 21.9. The van der Waals surface area contributed by atoms with E-state index in [1.807, 2.05) is 0 Å². The first-order valence-corrected chi connectivity index (χ1v) is 11.7. The van der Waals surface area contributed by atoms with Crippen molar-refractivity contribution in [3.05, 3.63) is 23.8 Å². The summed E-state index contributed by atoms with van der Waals surface area (Å²) in [5.74, 6) is 0. The molecule has 1 aromatic carbocycles. The summed E-state index contributed by atoms with van der Waals surface area (Å²) < 4.78 is 0. The molecule has 3 aliphatic rings. The number of amides is 1. The Kier molecular flexibility index (Phi) is 8.66. The van der Waals surface area contributed by atoms with E-state index in [9.17, 15) is 4.79 Å². The van der Waals surface area contributed by atoms with E-state index in [2.05, 4.69) is 35.8 Å². The van der Waals surface area contributed by atoms with E-state index in [4.69, 9.17) is 5.73 Å². The maximum absolute atomic E-state index is 10.0. The van der Waals surface area contributed by atoms with Crippen LogP contribution in [0.1, 0.15) is 76.2 Å². The minimum absolute atomic E-state index is 0.222. The number of benzene rings is 1. The Balaban J connectivity index is 0.000000252. The van der Waals surface area contributed by atoms with Gasteiger partial charge in [0.05, 0.1) is 11.4 Å². The molecule has 0 spiro atoms.